The number of nitrogens with two attached hydrogens (primary N) is 1. The predicted molar refractivity (Wildman–Crippen MR) is 79.1 cm³/mol. The largest absolute Gasteiger partial charge is 0.368 e. The Kier molecular flexibility index (Phi) is 3.05. The van der Waals surface area contributed by atoms with Crippen molar-refractivity contribution >= 4 is 11.8 Å². The van der Waals surface area contributed by atoms with Crippen LogP contribution < -0.4 is 11.1 Å². The van der Waals surface area contributed by atoms with Gasteiger partial charge in [0.25, 0.3) is 0 Å². The molecule has 21 heavy (non-hydrogen) atoms. The van der Waals surface area contributed by atoms with Crippen LogP contribution in [0, 0.1) is 29.1 Å². The van der Waals surface area contributed by atoms with E-state index in [4.69, 9.17) is 5.73 Å². The third-order valence-electron chi connectivity index (χ3n) is 6.43. The molecule has 3 N–H and O–H groups in total. The minimum Gasteiger partial charge on any atom is -0.368 e. The summed E-state index contributed by atoms with van der Waals surface area (Å²) in [4.78, 5) is 24.5. The summed E-state index contributed by atoms with van der Waals surface area (Å²) in [5, 5.41) is 3.03. The molecule has 116 valence electrons. The smallest absolute Gasteiger partial charge is 0.240 e. The van der Waals surface area contributed by atoms with Crippen LogP contribution >= 0.6 is 0 Å². The van der Waals surface area contributed by atoms with Gasteiger partial charge in [-0.1, -0.05) is 12.8 Å². The van der Waals surface area contributed by atoms with Crippen molar-refractivity contribution in [3.63, 3.8) is 0 Å². The molecule has 0 spiro atoms. The molecule has 5 fully saturated rings. The molecule has 0 unspecified atom stereocenters. The predicted octanol–water partition coefficient (Wildman–Crippen LogP) is 1.97. The van der Waals surface area contributed by atoms with Gasteiger partial charge in [0.1, 0.15) is 6.04 Å². The Morgan fingerprint density at radius 2 is 1.57 bits per heavy atom. The molecule has 4 nitrogen and oxygen atoms in total. The Morgan fingerprint density at radius 3 is 2.00 bits per heavy atom. The number of rotatable bonds is 5. The molecule has 0 aromatic rings. The standard InChI is InChI=1S/C17H26N2O2/c18-15(20)14(6-10-1-2-10)19-16(21)17-7-11-3-12(8-17)5-13(4-11)9-17/h10-14H,1-9H2,(H2,18,20)(H,19,21)/t11?,12?,13?,14-,17?/m0/s1. The van der Waals surface area contributed by atoms with Crippen molar-refractivity contribution in [2.24, 2.45) is 34.8 Å². The van der Waals surface area contributed by atoms with E-state index in [0.29, 0.717) is 5.92 Å². The van der Waals surface area contributed by atoms with Gasteiger partial charge in [0, 0.05) is 5.41 Å². The van der Waals surface area contributed by atoms with Crippen LogP contribution in [0.25, 0.3) is 0 Å². The topological polar surface area (TPSA) is 72.2 Å². The van der Waals surface area contributed by atoms with E-state index in [-0.39, 0.29) is 17.2 Å². The highest BCUT2D eigenvalue weighted by atomic mass is 16.2. The number of hydrogen-bond donors (Lipinski definition) is 2. The lowest BCUT2D eigenvalue weighted by molar-refractivity contribution is -0.148. The number of nitrogens with one attached hydrogen (secondary N) is 1. The quantitative estimate of drug-likeness (QED) is 0.812. The second kappa shape index (κ2) is 4.72. The minimum atomic E-state index is -0.446. The molecule has 4 heteroatoms. The Morgan fingerprint density at radius 1 is 1.05 bits per heavy atom. The maximum atomic E-state index is 12.9. The van der Waals surface area contributed by atoms with Crippen LogP contribution in [0.15, 0.2) is 0 Å². The zero-order chi connectivity index (χ0) is 14.6. The van der Waals surface area contributed by atoms with Gasteiger partial charge in [0.2, 0.25) is 11.8 Å². The summed E-state index contributed by atoms with van der Waals surface area (Å²) in [6.07, 6.45) is 10.2. The lowest BCUT2D eigenvalue weighted by Crippen LogP contribution is -2.57. The summed E-state index contributed by atoms with van der Waals surface area (Å²) in [6, 6.07) is -0.446. The summed E-state index contributed by atoms with van der Waals surface area (Å²) in [5.41, 5.74) is 5.32. The normalized spacial score (nSPS) is 41.8. The van der Waals surface area contributed by atoms with Gasteiger partial charge in [-0.25, -0.2) is 0 Å². The maximum absolute atomic E-state index is 12.9. The Labute approximate surface area is 126 Å². The van der Waals surface area contributed by atoms with Crippen LogP contribution in [0.4, 0.5) is 0 Å². The van der Waals surface area contributed by atoms with Crippen molar-refractivity contribution in [2.45, 2.75) is 63.8 Å². The average Bonchev–Trinajstić information content (AvgIpc) is 3.20. The van der Waals surface area contributed by atoms with Gasteiger partial charge in [0.05, 0.1) is 0 Å². The molecule has 1 atom stereocenters. The zero-order valence-electron chi connectivity index (χ0n) is 12.6. The van der Waals surface area contributed by atoms with E-state index >= 15 is 0 Å². The van der Waals surface area contributed by atoms with Crippen LogP contribution in [0.1, 0.15) is 57.8 Å². The third-order valence-corrected chi connectivity index (χ3v) is 6.43. The molecular formula is C17H26N2O2. The van der Waals surface area contributed by atoms with Gasteiger partial charge in [-0.05, 0) is 68.6 Å². The molecule has 0 aliphatic heterocycles. The number of amides is 2. The van der Waals surface area contributed by atoms with Crippen molar-refractivity contribution in [1.82, 2.24) is 5.32 Å². The highest BCUT2D eigenvalue weighted by molar-refractivity contribution is 5.89. The van der Waals surface area contributed by atoms with E-state index in [1.807, 2.05) is 0 Å². The van der Waals surface area contributed by atoms with Gasteiger partial charge >= 0.3 is 0 Å². The van der Waals surface area contributed by atoms with Crippen molar-refractivity contribution in [3.05, 3.63) is 0 Å². The molecule has 5 saturated carbocycles. The van der Waals surface area contributed by atoms with E-state index in [9.17, 15) is 9.59 Å². The average molecular weight is 290 g/mol. The molecule has 0 aromatic carbocycles. The van der Waals surface area contributed by atoms with Gasteiger partial charge in [-0.2, -0.15) is 0 Å². The zero-order valence-corrected chi connectivity index (χ0v) is 12.6. The summed E-state index contributed by atoms with van der Waals surface area (Å²) in [5.74, 6) is 2.61. The fourth-order valence-corrected chi connectivity index (χ4v) is 5.63. The molecule has 0 aromatic heterocycles. The van der Waals surface area contributed by atoms with Gasteiger partial charge in [0.15, 0.2) is 0 Å². The van der Waals surface area contributed by atoms with Crippen LogP contribution in [0.5, 0.6) is 0 Å². The lowest BCUT2D eigenvalue weighted by atomic mass is 9.49. The minimum absolute atomic E-state index is 0.131. The van der Waals surface area contributed by atoms with Crippen molar-refractivity contribution in [2.75, 3.05) is 0 Å². The van der Waals surface area contributed by atoms with E-state index in [1.165, 1.54) is 32.1 Å². The summed E-state index contributed by atoms with van der Waals surface area (Å²) in [6.45, 7) is 0. The third kappa shape index (κ3) is 2.47. The van der Waals surface area contributed by atoms with Crippen molar-refractivity contribution < 1.29 is 9.59 Å². The van der Waals surface area contributed by atoms with E-state index in [2.05, 4.69) is 5.32 Å². The SMILES string of the molecule is NC(=O)[C@H](CC1CC1)NC(=O)C12CC3CC(CC(C3)C1)C2. The number of primary amides is 1. The van der Waals surface area contributed by atoms with Gasteiger partial charge in [-0.15, -0.1) is 0 Å². The second-order valence-corrected chi connectivity index (χ2v) is 8.31. The molecule has 0 radical (unpaired) electrons. The van der Waals surface area contributed by atoms with Crippen molar-refractivity contribution in [1.29, 1.82) is 0 Å². The number of carbonyl (C=O) groups excluding carboxylic acids is 2. The second-order valence-electron chi connectivity index (χ2n) is 8.31. The van der Waals surface area contributed by atoms with Gasteiger partial charge in [-0.3, -0.25) is 9.59 Å². The summed E-state index contributed by atoms with van der Waals surface area (Å²) >= 11 is 0. The first-order chi connectivity index (χ1) is 10.0. The van der Waals surface area contributed by atoms with Crippen LogP contribution in [0.2, 0.25) is 0 Å². The Hall–Kier alpha value is -1.06. The molecule has 0 heterocycles. The fourth-order valence-electron chi connectivity index (χ4n) is 5.63. The molecule has 2 amide bonds. The van der Waals surface area contributed by atoms with Crippen molar-refractivity contribution in [3.8, 4) is 0 Å². The molecule has 5 aliphatic rings. The number of hydrogen-bond acceptors (Lipinski definition) is 2. The lowest BCUT2D eigenvalue weighted by Gasteiger charge is -2.55. The van der Waals surface area contributed by atoms with E-state index in [0.717, 1.165) is 43.4 Å². The monoisotopic (exact) mass is 290 g/mol. The fraction of sp³-hybridized carbons (Fsp3) is 0.882. The molecule has 0 saturated heterocycles. The molecule has 5 aliphatic carbocycles. The molecule has 4 bridgehead atoms. The first-order valence-electron chi connectivity index (χ1n) is 8.64. The van der Waals surface area contributed by atoms with Crippen LogP contribution in [-0.2, 0) is 9.59 Å². The molecule has 5 rings (SSSR count). The first-order valence-corrected chi connectivity index (χ1v) is 8.64. The van der Waals surface area contributed by atoms with E-state index in [1.54, 1.807) is 0 Å². The van der Waals surface area contributed by atoms with Crippen LogP contribution in [-0.4, -0.2) is 17.9 Å². The number of carbonyl (C=O) groups is 2. The van der Waals surface area contributed by atoms with E-state index < -0.39 is 6.04 Å². The first kappa shape index (κ1) is 13.6. The Bertz CT molecular complexity index is 434. The molecular weight excluding hydrogens is 264 g/mol. The summed E-state index contributed by atoms with van der Waals surface area (Å²) < 4.78 is 0. The van der Waals surface area contributed by atoms with Crippen LogP contribution in [0.3, 0.4) is 0 Å². The highest BCUT2D eigenvalue weighted by Gasteiger charge is 2.55. The highest BCUT2D eigenvalue weighted by Crippen LogP contribution is 2.60. The Balaban J connectivity index is 1.47. The van der Waals surface area contributed by atoms with Gasteiger partial charge < -0.3 is 11.1 Å². The maximum Gasteiger partial charge on any atom is 0.240 e. The summed E-state index contributed by atoms with van der Waals surface area (Å²) in [7, 11) is 0.